The molecule has 2 amide bonds. The van der Waals surface area contributed by atoms with Crippen molar-refractivity contribution in [2.45, 2.75) is 12.2 Å². The molecule has 0 fully saturated rings. The van der Waals surface area contributed by atoms with Crippen LogP contribution in [0, 0.1) is 0 Å². The van der Waals surface area contributed by atoms with E-state index in [2.05, 4.69) is 5.32 Å². The molecule has 0 saturated carbocycles. The Morgan fingerprint density at radius 1 is 0.765 bits per heavy atom. The van der Waals surface area contributed by atoms with E-state index in [-0.39, 0.29) is 22.6 Å². The fourth-order valence-electron chi connectivity index (χ4n) is 3.84. The fourth-order valence-corrected chi connectivity index (χ4v) is 3.84. The first-order valence-corrected chi connectivity index (χ1v) is 10.6. The van der Waals surface area contributed by atoms with Crippen molar-refractivity contribution in [3.8, 4) is 5.75 Å². The molecule has 4 aromatic rings. The van der Waals surface area contributed by atoms with E-state index in [1.165, 1.54) is 18.4 Å². The van der Waals surface area contributed by atoms with Gasteiger partial charge in [0.05, 0.1) is 17.4 Å². The Kier molecular flexibility index (Phi) is 5.66. The summed E-state index contributed by atoms with van der Waals surface area (Å²) in [5, 5.41) is 2.24. The number of hydrogen-bond acceptors (Lipinski definition) is 6. The first-order valence-electron chi connectivity index (χ1n) is 10.6. The molecule has 168 valence electrons. The molecule has 1 atom stereocenters. The van der Waals surface area contributed by atoms with Crippen LogP contribution in [0.3, 0.4) is 0 Å². The predicted octanol–water partition coefficient (Wildman–Crippen LogP) is 4.62. The molecule has 3 aromatic carbocycles. The van der Waals surface area contributed by atoms with Crippen molar-refractivity contribution in [2.75, 3.05) is 0 Å². The quantitative estimate of drug-likeness (QED) is 0.324. The minimum absolute atomic E-state index is 0.0690. The summed E-state index contributed by atoms with van der Waals surface area (Å²) in [6, 6.07) is 26.5. The van der Waals surface area contributed by atoms with Crippen molar-refractivity contribution < 1.29 is 28.3 Å². The van der Waals surface area contributed by atoms with Crippen molar-refractivity contribution in [1.82, 2.24) is 5.32 Å². The van der Waals surface area contributed by atoms with Crippen LogP contribution in [-0.4, -0.2) is 17.8 Å². The van der Waals surface area contributed by atoms with Crippen LogP contribution in [-0.2, 0) is 9.53 Å². The number of hydrogen-bond donors (Lipinski definition) is 1. The molecule has 1 aromatic heterocycles. The lowest BCUT2D eigenvalue weighted by atomic mass is 10.0. The summed E-state index contributed by atoms with van der Waals surface area (Å²) in [4.78, 5) is 37.8. The molecule has 0 aliphatic carbocycles. The SMILES string of the molecule is O=C1NC(=O)c2c(OC(C(=O)OC(c3ccccc3)c3ccccc3)c3ccco3)cccc21. The molecule has 1 N–H and O–H groups in total. The van der Waals surface area contributed by atoms with Gasteiger partial charge in [-0.15, -0.1) is 0 Å². The van der Waals surface area contributed by atoms with Crippen molar-refractivity contribution in [3.63, 3.8) is 0 Å². The lowest BCUT2D eigenvalue weighted by Gasteiger charge is -2.23. The number of ether oxygens (including phenoxy) is 2. The average molecular weight is 453 g/mol. The van der Waals surface area contributed by atoms with Crippen molar-refractivity contribution >= 4 is 17.8 Å². The summed E-state index contributed by atoms with van der Waals surface area (Å²) in [5.41, 5.74) is 1.82. The van der Waals surface area contributed by atoms with Gasteiger partial charge in [-0.05, 0) is 35.4 Å². The van der Waals surface area contributed by atoms with Crippen LogP contribution in [0.2, 0.25) is 0 Å². The minimum Gasteiger partial charge on any atom is -0.470 e. The molecule has 34 heavy (non-hydrogen) atoms. The highest BCUT2D eigenvalue weighted by atomic mass is 16.6. The van der Waals surface area contributed by atoms with Crippen LogP contribution in [0.25, 0.3) is 0 Å². The maximum atomic E-state index is 13.5. The van der Waals surface area contributed by atoms with Crippen LogP contribution in [0.4, 0.5) is 0 Å². The van der Waals surface area contributed by atoms with Gasteiger partial charge in [-0.25, -0.2) is 4.79 Å². The Labute approximate surface area is 194 Å². The minimum atomic E-state index is -1.31. The fraction of sp³-hybridized carbons (Fsp3) is 0.0741. The van der Waals surface area contributed by atoms with Crippen LogP contribution in [0.1, 0.15) is 49.8 Å². The molecular weight excluding hydrogens is 434 g/mol. The number of imide groups is 1. The second-order valence-corrected chi connectivity index (χ2v) is 7.61. The highest BCUT2D eigenvalue weighted by Crippen LogP contribution is 2.33. The Morgan fingerprint density at radius 3 is 2.06 bits per heavy atom. The van der Waals surface area contributed by atoms with E-state index in [9.17, 15) is 14.4 Å². The number of amides is 2. The number of furan rings is 1. The standard InChI is InChI=1S/C27H19NO6/c29-25-19-13-7-14-20(22(19)26(30)28-25)33-24(21-15-8-16-32-21)27(31)34-23(17-9-3-1-4-10-17)18-11-5-2-6-12-18/h1-16,23-24H,(H,28,29,30). The second kappa shape index (κ2) is 9.07. The van der Waals surface area contributed by atoms with Gasteiger partial charge in [-0.3, -0.25) is 14.9 Å². The molecular formula is C27H19NO6. The molecule has 5 rings (SSSR count). The lowest BCUT2D eigenvalue weighted by molar-refractivity contribution is -0.157. The second-order valence-electron chi connectivity index (χ2n) is 7.61. The summed E-state index contributed by atoms with van der Waals surface area (Å²) in [7, 11) is 0. The van der Waals surface area contributed by atoms with Crippen LogP contribution in [0.5, 0.6) is 5.75 Å². The monoisotopic (exact) mass is 453 g/mol. The number of benzene rings is 3. The van der Waals surface area contributed by atoms with E-state index in [0.717, 1.165) is 11.1 Å². The zero-order valence-corrected chi connectivity index (χ0v) is 17.8. The maximum absolute atomic E-state index is 13.5. The number of carbonyl (C=O) groups is 3. The highest BCUT2D eigenvalue weighted by molar-refractivity contribution is 6.22. The van der Waals surface area contributed by atoms with E-state index in [4.69, 9.17) is 13.9 Å². The Bertz CT molecular complexity index is 1290. The summed E-state index contributed by atoms with van der Waals surface area (Å²) in [6.07, 6.45) is -0.585. The number of carbonyl (C=O) groups excluding carboxylic acids is 3. The molecule has 1 aliphatic rings. The van der Waals surface area contributed by atoms with E-state index >= 15 is 0 Å². The Hall–Kier alpha value is -4.65. The maximum Gasteiger partial charge on any atom is 0.356 e. The van der Waals surface area contributed by atoms with E-state index in [1.807, 2.05) is 60.7 Å². The highest BCUT2D eigenvalue weighted by Gasteiger charge is 2.35. The van der Waals surface area contributed by atoms with Gasteiger partial charge >= 0.3 is 5.97 Å². The first kappa shape index (κ1) is 21.2. The largest absolute Gasteiger partial charge is 0.470 e. The van der Waals surface area contributed by atoms with Gasteiger partial charge in [0.25, 0.3) is 17.9 Å². The molecule has 7 nitrogen and oxygen atoms in total. The van der Waals surface area contributed by atoms with Gasteiger partial charge in [0, 0.05) is 0 Å². The van der Waals surface area contributed by atoms with Gasteiger partial charge in [0.1, 0.15) is 5.75 Å². The molecule has 2 heterocycles. The van der Waals surface area contributed by atoms with Crippen molar-refractivity contribution in [1.29, 1.82) is 0 Å². The third kappa shape index (κ3) is 4.06. The lowest BCUT2D eigenvalue weighted by Crippen LogP contribution is -2.24. The summed E-state index contributed by atoms with van der Waals surface area (Å²) in [6.45, 7) is 0. The number of nitrogens with one attached hydrogen (secondary N) is 1. The molecule has 0 spiro atoms. The van der Waals surface area contributed by atoms with Gasteiger partial charge in [-0.1, -0.05) is 66.7 Å². The number of esters is 1. The predicted molar refractivity (Wildman–Crippen MR) is 121 cm³/mol. The van der Waals surface area contributed by atoms with Crippen LogP contribution in [0.15, 0.2) is 102 Å². The third-order valence-corrected chi connectivity index (χ3v) is 5.42. The topological polar surface area (TPSA) is 94.8 Å². The molecule has 1 aliphatic heterocycles. The zero-order valence-electron chi connectivity index (χ0n) is 17.8. The Morgan fingerprint density at radius 2 is 1.44 bits per heavy atom. The van der Waals surface area contributed by atoms with Crippen molar-refractivity contribution in [3.05, 3.63) is 125 Å². The smallest absolute Gasteiger partial charge is 0.356 e. The molecule has 1 unspecified atom stereocenters. The molecule has 0 saturated heterocycles. The first-order chi connectivity index (χ1) is 16.6. The zero-order chi connectivity index (χ0) is 23.5. The van der Waals surface area contributed by atoms with Crippen LogP contribution < -0.4 is 10.1 Å². The van der Waals surface area contributed by atoms with Crippen LogP contribution >= 0.6 is 0 Å². The Balaban J connectivity index is 1.49. The van der Waals surface area contributed by atoms with Gasteiger partial charge < -0.3 is 13.9 Å². The van der Waals surface area contributed by atoms with E-state index in [1.54, 1.807) is 18.2 Å². The number of rotatable bonds is 7. The normalized spacial score (nSPS) is 13.3. The van der Waals surface area contributed by atoms with Gasteiger partial charge in [0.15, 0.2) is 11.9 Å². The third-order valence-electron chi connectivity index (χ3n) is 5.42. The molecule has 0 bridgehead atoms. The van der Waals surface area contributed by atoms with Gasteiger partial charge in [-0.2, -0.15) is 0 Å². The average Bonchev–Trinajstić information content (AvgIpc) is 3.50. The summed E-state index contributed by atoms with van der Waals surface area (Å²) < 4.78 is 17.4. The number of fused-ring (bicyclic) bond motifs is 1. The molecule has 7 heteroatoms. The van der Waals surface area contributed by atoms with Crippen molar-refractivity contribution in [2.24, 2.45) is 0 Å². The van der Waals surface area contributed by atoms with E-state index < -0.39 is 30.0 Å². The summed E-state index contributed by atoms with van der Waals surface area (Å²) in [5.74, 6) is -1.54. The summed E-state index contributed by atoms with van der Waals surface area (Å²) >= 11 is 0. The molecule has 0 radical (unpaired) electrons. The van der Waals surface area contributed by atoms with E-state index in [0.29, 0.717) is 0 Å². The van der Waals surface area contributed by atoms with Gasteiger partial charge in [0.2, 0.25) is 0 Å².